The van der Waals surface area contributed by atoms with Crippen molar-refractivity contribution in [2.24, 2.45) is 0 Å². The van der Waals surface area contributed by atoms with Gasteiger partial charge in [-0.3, -0.25) is 4.79 Å². The first-order valence-corrected chi connectivity index (χ1v) is 3.61. The van der Waals surface area contributed by atoms with E-state index in [1.807, 2.05) is 0 Å². The number of rotatable bonds is 5. The molecule has 76 valence electrons. The van der Waals surface area contributed by atoms with Crippen molar-refractivity contribution in [3.8, 4) is 0 Å². The van der Waals surface area contributed by atoms with Gasteiger partial charge in [-0.15, -0.1) is 0 Å². The standard InChI is InChI=1S/C7H9F3O3/c1-2-3-13-6(12)7(9,10)5(11)4-8/h2-4H2,1H3. The highest BCUT2D eigenvalue weighted by Crippen LogP contribution is 2.17. The van der Waals surface area contributed by atoms with Crippen LogP contribution in [0.2, 0.25) is 0 Å². The molecule has 0 aliphatic rings. The summed E-state index contributed by atoms with van der Waals surface area (Å²) in [6, 6.07) is 0. The van der Waals surface area contributed by atoms with Crippen LogP contribution >= 0.6 is 0 Å². The van der Waals surface area contributed by atoms with Crippen LogP contribution in [-0.4, -0.2) is 31.0 Å². The number of hydrogen-bond acceptors (Lipinski definition) is 3. The first-order valence-electron chi connectivity index (χ1n) is 3.61. The van der Waals surface area contributed by atoms with Gasteiger partial charge in [0.2, 0.25) is 5.78 Å². The lowest BCUT2D eigenvalue weighted by atomic mass is 10.2. The summed E-state index contributed by atoms with van der Waals surface area (Å²) in [6.07, 6.45) is 0.353. The number of hydrogen-bond donors (Lipinski definition) is 0. The van der Waals surface area contributed by atoms with Gasteiger partial charge in [0.1, 0.15) is 0 Å². The fourth-order valence-corrected chi connectivity index (χ4v) is 0.483. The molecule has 0 heterocycles. The minimum Gasteiger partial charge on any atom is -0.461 e. The maximum absolute atomic E-state index is 12.5. The molecular weight excluding hydrogens is 189 g/mol. The van der Waals surface area contributed by atoms with Crippen LogP contribution in [0.5, 0.6) is 0 Å². The van der Waals surface area contributed by atoms with Gasteiger partial charge in [-0.05, 0) is 6.42 Å². The lowest BCUT2D eigenvalue weighted by Gasteiger charge is -2.11. The highest BCUT2D eigenvalue weighted by molar-refractivity contribution is 6.05. The molecule has 0 amide bonds. The Kier molecular flexibility index (Phi) is 4.44. The Bertz CT molecular complexity index is 203. The van der Waals surface area contributed by atoms with E-state index in [1.165, 1.54) is 0 Å². The second-order valence-corrected chi connectivity index (χ2v) is 2.27. The highest BCUT2D eigenvalue weighted by atomic mass is 19.3. The van der Waals surface area contributed by atoms with E-state index in [9.17, 15) is 22.8 Å². The second kappa shape index (κ2) is 4.84. The van der Waals surface area contributed by atoms with Gasteiger partial charge in [0.15, 0.2) is 6.67 Å². The van der Waals surface area contributed by atoms with Gasteiger partial charge in [0.05, 0.1) is 6.61 Å². The van der Waals surface area contributed by atoms with Crippen LogP contribution in [0.4, 0.5) is 13.2 Å². The number of ketones is 1. The SMILES string of the molecule is CCCOC(=O)C(F)(F)C(=O)CF. The molecule has 0 fully saturated rings. The van der Waals surface area contributed by atoms with E-state index in [-0.39, 0.29) is 6.61 Å². The summed E-state index contributed by atoms with van der Waals surface area (Å²) in [7, 11) is 0. The highest BCUT2D eigenvalue weighted by Gasteiger charge is 2.48. The van der Waals surface area contributed by atoms with Gasteiger partial charge in [-0.2, -0.15) is 8.78 Å². The maximum Gasteiger partial charge on any atom is 0.402 e. The predicted octanol–water partition coefficient (Wildman–Crippen LogP) is 1.11. The minimum atomic E-state index is -4.36. The molecule has 0 aromatic rings. The molecule has 0 aromatic heterocycles. The van der Waals surface area contributed by atoms with Gasteiger partial charge >= 0.3 is 11.9 Å². The van der Waals surface area contributed by atoms with Gasteiger partial charge in [0.25, 0.3) is 0 Å². The molecule has 0 aliphatic heterocycles. The van der Waals surface area contributed by atoms with E-state index in [0.29, 0.717) is 6.42 Å². The van der Waals surface area contributed by atoms with Gasteiger partial charge in [0, 0.05) is 0 Å². The molecule has 6 heteroatoms. The maximum atomic E-state index is 12.5. The van der Waals surface area contributed by atoms with Crippen LogP contribution in [0.3, 0.4) is 0 Å². The molecule has 0 aliphatic carbocycles. The zero-order valence-electron chi connectivity index (χ0n) is 6.98. The molecule has 0 spiro atoms. The van der Waals surface area contributed by atoms with E-state index in [4.69, 9.17) is 0 Å². The van der Waals surface area contributed by atoms with Gasteiger partial charge in [-0.1, -0.05) is 6.92 Å². The zero-order chi connectivity index (χ0) is 10.5. The summed E-state index contributed by atoms with van der Waals surface area (Å²) in [6.45, 7) is -0.495. The summed E-state index contributed by atoms with van der Waals surface area (Å²) >= 11 is 0. The third-order valence-corrected chi connectivity index (χ3v) is 1.17. The summed E-state index contributed by atoms with van der Waals surface area (Å²) in [5.41, 5.74) is 0. The summed E-state index contributed by atoms with van der Waals surface area (Å²) < 4.78 is 40.5. The Morgan fingerprint density at radius 2 is 1.92 bits per heavy atom. The van der Waals surface area contributed by atoms with E-state index in [0.717, 1.165) is 0 Å². The Labute approximate surface area is 72.9 Å². The van der Waals surface area contributed by atoms with Gasteiger partial charge < -0.3 is 4.74 Å². The molecule has 0 N–H and O–H groups in total. The van der Waals surface area contributed by atoms with Crippen LogP contribution in [0, 0.1) is 0 Å². The minimum absolute atomic E-state index is 0.214. The molecule has 0 saturated carbocycles. The van der Waals surface area contributed by atoms with Gasteiger partial charge in [-0.25, -0.2) is 9.18 Å². The van der Waals surface area contributed by atoms with Crippen LogP contribution in [0.1, 0.15) is 13.3 Å². The summed E-state index contributed by atoms with van der Waals surface area (Å²) in [5.74, 6) is -8.42. The van der Waals surface area contributed by atoms with Crippen molar-refractivity contribution < 1.29 is 27.5 Å². The Hall–Kier alpha value is -1.07. The van der Waals surface area contributed by atoms with Crippen molar-refractivity contribution in [1.82, 2.24) is 0 Å². The molecule has 13 heavy (non-hydrogen) atoms. The molecule has 0 aromatic carbocycles. The van der Waals surface area contributed by atoms with Crippen LogP contribution < -0.4 is 0 Å². The number of carbonyl (C=O) groups is 2. The molecule has 0 saturated heterocycles. The Balaban J connectivity index is 4.27. The summed E-state index contributed by atoms with van der Waals surface area (Å²) in [4.78, 5) is 20.7. The van der Waals surface area contributed by atoms with E-state index in [2.05, 4.69) is 4.74 Å². The Morgan fingerprint density at radius 3 is 2.31 bits per heavy atom. The number of esters is 1. The molecular formula is C7H9F3O3. The fraction of sp³-hybridized carbons (Fsp3) is 0.714. The van der Waals surface area contributed by atoms with Crippen LogP contribution in [0.25, 0.3) is 0 Å². The number of halogens is 3. The predicted molar refractivity (Wildman–Crippen MR) is 37.2 cm³/mol. The molecule has 0 rings (SSSR count). The summed E-state index contributed by atoms with van der Waals surface area (Å²) in [5, 5.41) is 0. The average Bonchev–Trinajstić information content (AvgIpc) is 2.12. The van der Waals surface area contributed by atoms with Crippen molar-refractivity contribution >= 4 is 11.8 Å². The van der Waals surface area contributed by atoms with Crippen molar-refractivity contribution in [2.45, 2.75) is 19.3 Å². The van der Waals surface area contributed by atoms with E-state index < -0.39 is 24.3 Å². The lowest BCUT2D eigenvalue weighted by Crippen LogP contribution is -2.40. The second-order valence-electron chi connectivity index (χ2n) is 2.27. The number of ether oxygens (including phenoxy) is 1. The molecule has 0 unspecified atom stereocenters. The first kappa shape index (κ1) is 11.9. The van der Waals surface area contributed by atoms with E-state index >= 15 is 0 Å². The van der Waals surface area contributed by atoms with Crippen molar-refractivity contribution in [2.75, 3.05) is 13.3 Å². The van der Waals surface area contributed by atoms with E-state index in [1.54, 1.807) is 6.92 Å². The Morgan fingerprint density at radius 1 is 1.38 bits per heavy atom. The largest absolute Gasteiger partial charge is 0.461 e. The molecule has 0 radical (unpaired) electrons. The molecule has 0 bridgehead atoms. The molecule has 3 nitrogen and oxygen atoms in total. The van der Waals surface area contributed by atoms with Crippen molar-refractivity contribution in [3.05, 3.63) is 0 Å². The lowest BCUT2D eigenvalue weighted by molar-refractivity contribution is -0.177. The third kappa shape index (κ3) is 3.04. The number of alkyl halides is 3. The normalized spacial score (nSPS) is 11.1. The van der Waals surface area contributed by atoms with Crippen LogP contribution in [-0.2, 0) is 14.3 Å². The monoisotopic (exact) mass is 198 g/mol. The quantitative estimate of drug-likeness (QED) is 0.491. The molecule has 0 atom stereocenters. The van der Waals surface area contributed by atoms with Crippen molar-refractivity contribution in [3.63, 3.8) is 0 Å². The number of Topliss-reactive ketones (excluding diaryl/α,β-unsaturated/α-hetero) is 1. The first-order chi connectivity index (χ1) is 5.96. The topological polar surface area (TPSA) is 43.4 Å². The number of carbonyl (C=O) groups excluding carboxylic acids is 2. The third-order valence-electron chi connectivity index (χ3n) is 1.17. The fourth-order valence-electron chi connectivity index (χ4n) is 0.483. The zero-order valence-corrected chi connectivity index (χ0v) is 6.98. The smallest absolute Gasteiger partial charge is 0.402 e. The van der Waals surface area contributed by atoms with Crippen LogP contribution in [0.15, 0.2) is 0 Å². The van der Waals surface area contributed by atoms with Crippen molar-refractivity contribution in [1.29, 1.82) is 0 Å². The average molecular weight is 198 g/mol.